The normalized spacial score (nSPS) is 16.4. The van der Waals surface area contributed by atoms with Crippen LogP contribution < -0.4 is 5.32 Å². The van der Waals surface area contributed by atoms with Crippen molar-refractivity contribution in [1.29, 1.82) is 0 Å². The summed E-state index contributed by atoms with van der Waals surface area (Å²) in [6.45, 7) is 5.96. The van der Waals surface area contributed by atoms with E-state index in [1.807, 2.05) is 37.3 Å². The first-order valence-electron chi connectivity index (χ1n) is 8.92. The maximum atomic E-state index is 12.4. The molecule has 1 heterocycles. The number of nitrogens with zero attached hydrogens (tertiary/aromatic N) is 1. The summed E-state index contributed by atoms with van der Waals surface area (Å²) in [4.78, 5) is 14.8. The van der Waals surface area contributed by atoms with Crippen LogP contribution in [-0.2, 0) is 16.0 Å². The molecule has 1 aliphatic heterocycles. The molecule has 1 unspecified atom stereocenters. The van der Waals surface area contributed by atoms with Crippen molar-refractivity contribution in [3.05, 3.63) is 71.3 Å². The predicted octanol–water partition coefficient (Wildman–Crippen LogP) is 2.73. The number of carbonyl (C=O) groups is 1. The second-order valence-corrected chi connectivity index (χ2v) is 6.48. The highest BCUT2D eigenvalue weighted by molar-refractivity contribution is 5.78. The fraction of sp³-hybridized carbons (Fsp3) is 0.381. The molecule has 1 atom stereocenters. The number of carbonyl (C=O) groups excluding carboxylic acids is 1. The number of hydrogen-bond acceptors (Lipinski definition) is 3. The molecule has 4 heteroatoms. The molecule has 0 saturated carbocycles. The van der Waals surface area contributed by atoms with E-state index < -0.39 is 0 Å². The third-order valence-corrected chi connectivity index (χ3v) is 4.78. The summed E-state index contributed by atoms with van der Waals surface area (Å²) in [6, 6.07) is 18.6. The molecule has 1 fully saturated rings. The van der Waals surface area contributed by atoms with E-state index in [0.717, 1.165) is 37.4 Å². The Morgan fingerprint density at radius 3 is 2.48 bits per heavy atom. The Hall–Kier alpha value is -2.17. The van der Waals surface area contributed by atoms with Gasteiger partial charge in [-0.15, -0.1) is 0 Å². The molecule has 4 nitrogen and oxygen atoms in total. The van der Waals surface area contributed by atoms with Crippen molar-refractivity contribution in [2.75, 3.05) is 32.8 Å². The topological polar surface area (TPSA) is 41.6 Å². The van der Waals surface area contributed by atoms with Gasteiger partial charge in [0.15, 0.2) is 0 Å². The Kier molecular flexibility index (Phi) is 6.20. The highest BCUT2D eigenvalue weighted by Crippen LogP contribution is 2.21. The van der Waals surface area contributed by atoms with Gasteiger partial charge < -0.3 is 10.1 Å². The zero-order valence-electron chi connectivity index (χ0n) is 14.8. The zero-order valence-corrected chi connectivity index (χ0v) is 14.8. The van der Waals surface area contributed by atoms with E-state index in [-0.39, 0.29) is 11.9 Å². The van der Waals surface area contributed by atoms with Gasteiger partial charge in [0, 0.05) is 19.6 Å². The summed E-state index contributed by atoms with van der Waals surface area (Å²) < 4.78 is 5.47. The van der Waals surface area contributed by atoms with Gasteiger partial charge in [-0.05, 0) is 23.6 Å². The van der Waals surface area contributed by atoms with Gasteiger partial charge in [-0.1, -0.05) is 54.6 Å². The number of benzene rings is 2. The first-order chi connectivity index (χ1) is 12.2. The summed E-state index contributed by atoms with van der Waals surface area (Å²) in [7, 11) is 0. The Balaban J connectivity index is 1.64. The third-order valence-electron chi connectivity index (χ3n) is 4.78. The first-order valence-corrected chi connectivity index (χ1v) is 8.92. The lowest BCUT2D eigenvalue weighted by Gasteiger charge is -2.35. The van der Waals surface area contributed by atoms with Gasteiger partial charge in [0.05, 0.1) is 25.7 Å². The molecule has 0 radical (unpaired) electrons. The van der Waals surface area contributed by atoms with Gasteiger partial charge in [-0.2, -0.15) is 0 Å². The maximum Gasteiger partial charge on any atom is 0.224 e. The molecule has 0 aliphatic carbocycles. The Labute approximate surface area is 149 Å². The lowest BCUT2D eigenvalue weighted by atomic mass is 10.0. The molecule has 1 aliphatic rings. The summed E-state index contributed by atoms with van der Waals surface area (Å²) in [5.74, 6) is 0.0727. The van der Waals surface area contributed by atoms with Crippen molar-refractivity contribution in [1.82, 2.24) is 10.2 Å². The number of aryl methyl sites for hydroxylation is 1. The van der Waals surface area contributed by atoms with Crippen molar-refractivity contribution < 1.29 is 9.53 Å². The average molecular weight is 338 g/mol. The molecular weight excluding hydrogens is 312 g/mol. The average Bonchev–Trinajstić information content (AvgIpc) is 2.66. The molecule has 0 aromatic heterocycles. The van der Waals surface area contributed by atoms with Crippen LogP contribution in [0.4, 0.5) is 0 Å². The van der Waals surface area contributed by atoms with Crippen molar-refractivity contribution in [3.8, 4) is 0 Å². The number of amides is 1. The molecule has 2 aromatic rings. The SMILES string of the molecule is Cc1ccccc1CC(=O)NCC(c1ccccc1)N1CCOCC1. The predicted molar refractivity (Wildman–Crippen MR) is 99.5 cm³/mol. The molecule has 25 heavy (non-hydrogen) atoms. The highest BCUT2D eigenvalue weighted by Gasteiger charge is 2.23. The highest BCUT2D eigenvalue weighted by atomic mass is 16.5. The third kappa shape index (κ3) is 4.91. The second kappa shape index (κ2) is 8.79. The fourth-order valence-electron chi connectivity index (χ4n) is 3.28. The molecule has 2 aromatic carbocycles. The van der Waals surface area contributed by atoms with Crippen LogP contribution in [0, 0.1) is 6.92 Å². The van der Waals surface area contributed by atoms with Crippen molar-refractivity contribution in [2.24, 2.45) is 0 Å². The molecule has 132 valence electrons. The standard InChI is InChI=1S/C21H26N2O2/c1-17-7-5-6-10-19(17)15-21(24)22-16-20(18-8-3-2-4-9-18)23-11-13-25-14-12-23/h2-10,20H,11-16H2,1H3,(H,22,24). The summed E-state index contributed by atoms with van der Waals surface area (Å²) >= 11 is 0. The minimum atomic E-state index is 0.0727. The number of hydrogen-bond donors (Lipinski definition) is 1. The van der Waals surface area contributed by atoms with E-state index in [2.05, 4.69) is 34.5 Å². The van der Waals surface area contributed by atoms with Crippen molar-refractivity contribution in [2.45, 2.75) is 19.4 Å². The van der Waals surface area contributed by atoms with E-state index >= 15 is 0 Å². The molecule has 0 bridgehead atoms. The lowest BCUT2D eigenvalue weighted by Crippen LogP contribution is -2.44. The van der Waals surface area contributed by atoms with Crippen LogP contribution in [-0.4, -0.2) is 43.7 Å². The number of morpholine rings is 1. The van der Waals surface area contributed by atoms with Crippen LogP contribution in [0.15, 0.2) is 54.6 Å². The Morgan fingerprint density at radius 2 is 1.76 bits per heavy atom. The van der Waals surface area contributed by atoms with E-state index in [0.29, 0.717) is 13.0 Å². The summed E-state index contributed by atoms with van der Waals surface area (Å²) in [5.41, 5.74) is 3.48. The van der Waals surface area contributed by atoms with Crippen LogP contribution in [0.3, 0.4) is 0 Å². The van der Waals surface area contributed by atoms with Gasteiger partial charge in [0.2, 0.25) is 5.91 Å². The van der Waals surface area contributed by atoms with Gasteiger partial charge >= 0.3 is 0 Å². The Morgan fingerprint density at radius 1 is 1.08 bits per heavy atom. The lowest BCUT2D eigenvalue weighted by molar-refractivity contribution is -0.120. The molecule has 3 rings (SSSR count). The van der Waals surface area contributed by atoms with E-state index in [1.54, 1.807) is 0 Å². The smallest absolute Gasteiger partial charge is 0.224 e. The van der Waals surface area contributed by atoms with E-state index in [9.17, 15) is 4.79 Å². The van der Waals surface area contributed by atoms with Crippen LogP contribution in [0.2, 0.25) is 0 Å². The van der Waals surface area contributed by atoms with Gasteiger partial charge in [-0.3, -0.25) is 9.69 Å². The van der Waals surface area contributed by atoms with Crippen LogP contribution in [0.1, 0.15) is 22.7 Å². The molecular formula is C21H26N2O2. The number of nitrogens with one attached hydrogen (secondary N) is 1. The van der Waals surface area contributed by atoms with Crippen molar-refractivity contribution >= 4 is 5.91 Å². The Bertz CT molecular complexity index is 681. The van der Waals surface area contributed by atoms with Crippen molar-refractivity contribution in [3.63, 3.8) is 0 Å². The number of ether oxygens (including phenoxy) is 1. The zero-order chi connectivity index (χ0) is 17.5. The monoisotopic (exact) mass is 338 g/mol. The maximum absolute atomic E-state index is 12.4. The molecule has 1 amide bonds. The van der Waals surface area contributed by atoms with Crippen LogP contribution >= 0.6 is 0 Å². The van der Waals surface area contributed by atoms with E-state index in [4.69, 9.17) is 4.74 Å². The molecule has 1 saturated heterocycles. The minimum absolute atomic E-state index is 0.0727. The fourth-order valence-corrected chi connectivity index (χ4v) is 3.28. The molecule has 1 N–H and O–H groups in total. The molecule has 0 spiro atoms. The van der Waals surface area contributed by atoms with Crippen LogP contribution in [0.5, 0.6) is 0 Å². The summed E-state index contributed by atoms with van der Waals surface area (Å²) in [6.07, 6.45) is 0.428. The summed E-state index contributed by atoms with van der Waals surface area (Å²) in [5, 5.41) is 3.13. The minimum Gasteiger partial charge on any atom is -0.379 e. The van der Waals surface area contributed by atoms with E-state index in [1.165, 1.54) is 5.56 Å². The second-order valence-electron chi connectivity index (χ2n) is 6.48. The van der Waals surface area contributed by atoms with Gasteiger partial charge in [-0.25, -0.2) is 0 Å². The van der Waals surface area contributed by atoms with Gasteiger partial charge in [0.25, 0.3) is 0 Å². The van der Waals surface area contributed by atoms with Crippen LogP contribution in [0.25, 0.3) is 0 Å². The quantitative estimate of drug-likeness (QED) is 0.880. The van der Waals surface area contributed by atoms with Gasteiger partial charge in [0.1, 0.15) is 0 Å². The first kappa shape index (κ1) is 17.6. The largest absolute Gasteiger partial charge is 0.379 e. The number of rotatable bonds is 6.